The fraction of sp³-hybridized carbons (Fsp3) is 0.312. The summed E-state index contributed by atoms with van der Waals surface area (Å²) >= 11 is 1.37. The molecule has 0 radical (unpaired) electrons. The first kappa shape index (κ1) is 15.3. The zero-order chi connectivity index (χ0) is 16.4. The van der Waals surface area contributed by atoms with E-state index in [1.807, 2.05) is 25.1 Å². The van der Waals surface area contributed by atoms with Crippen molar-refractivity contribution in [1.82, 2.24) is 10.3 Å². The van der Waals surface area contributed by atoms with Crippen LogP contribution in [0.25, 0.3) is 10.6 Å². The van der Waals surface area contributed by atoms with Crippen LogP contribution in [0.4, 0.5) is 0 Å². The molecule has 0 bridgehead atoms. The largest absolute Gasteiger partial charge is 0.454 e. The summed E-state index contributed by atoms with van der Waals surface area (Å²) in [5.74, 6) is 1.03. The number of nitrogens with zero attached hydrogens (tertiary/aromatic N) is 2. The molecule has 1 aromatic carbocycles. The number of fused-ring (bicyclic) bond motifs is 1. The molecule has 0 saturated carbocycles. The van der Waals surface area contributed by atoms with Gasteiger partial charge in [0, 0.05) is 10.9 Å². The molecule has 1 N–H and O–H groups in total. The molecule has 1 aromatic heterocycles. The van der Waals surface area contributed by atoms with Gasteiger partial charge in [-0.05, 0) is 31.5 Å². The number of nitrogens with one attached hydrogen (secondary N) is 1. The summed E-state index contributed by atoms with van der Waals surface area (Å²) in [6.07, 6.45) is 0.522. The first-order valence-corrected chi connectivity index (χ1v) is 8.02. The van der Waals surface area contributed by atoms with E-state index >= 15 is 0 Å². The molecule has 0 spiro atoms. The Labute approximate surface area is 137 Å². The predicted molar refractivity (Wildman–Crippen MR) is 85.4 cm³/mol. The molecular formula is C16H15N3O3S. The Morgan fingerprint density at radius 2 is 2.26 bits per heavy atom. The third-order valence-corrected chi connectivity index (χ3v) is 4.59. The molecule has 1 atom stereocenters. The lowest BCUT2D eigenvalue weighted by atomic mass is 10.0. The predicted octanol–water partition coefficient (Wildman–Crippen LogP) is 2.96. The number of nitriles is 1. The van der Waals surface area contributed by atoms with E-state index in [9.17, 15) is 4.79 Å². The van der Waals surface area contributed by atoms with Gasteiger partial charge in [-0.2, -0.15) is 5.26 Å². The summed E-state index contributed by atoms with van der Waals surface area (Å²) in [5.41, 5.74) is 0.272. The summed E-state index contributed by atoms with van der Waals surface area (Å²) < 4.78 is 10.6. The number of carbonyl (C=O) groups is 1. The fourth-order valence-electron chi connectivity index (χ4n) is 2.05. The van der Waals surface area contributed by atoms with Crippen LogP contribution < -0.4 is 14.8 Å². The zero-order valence-electron chi connectivity index (χ0n) is 12.8. The van der Waals surface area contributed by atoms with E-state index in [2.05, 4.69) is 16.4 Å². The van der Waals surface area contributed by atoms with Gasteiger partial charge in [-0.15, -0.1) is 11.3 Å². The van der Waals surface area contributed by atoms with Gasteiger partial charge in [0.15, 0.2) is 11.5 Å². The lowest BCUT2D eigenvalue weighted by Gasteiger charge is -2.20. The summed E-state index contributed by atoms with van der Waals surface area (Å²) in [7, 11) is 0. The van der Waals surface area contributed by atoms with Crippen LogP contribution in [-0.2, 0) is 0 Å². The first-order valence-electron chi connectivity index (χ1n) is 7.14. The maximum Gasteiger partial charge on any atom is 0.272 e. The number of rotatable bonds is 4. The molecule has 3 rings (SSSR count). The lowest BCUT2D eigenvalue weighted by Crippen LogP contribution is -2.44. The van der Waals surface area contributed by atoms with Crippen LogP contribution in [0, 0.1) is 11.3 Å². The van der Waals surface area contributed by atoms with Gasteiger partial charge >= 0.3 is 0 Å². The molecule has 0 unspecified atom stereocenters. The Morgan fingerprint density at radius 1 is 1.48 bits per heavy atom. The van der Waals surface area contributed by atoms with E-state index in [1.165, 1.54) is 11.3 Å². The SMILES string of the molecule is CC[C@](C)(C#N)NC(=O)c1csc(-c2ccc3c(c2)OCO3)n1. The van der Waals surface area contributed by atoms with Gasteiger partial charge in [-0.25, -0.2) is 4.98 Å². The highest BCUT2D eigenvalue weighted by molar-refractivity contribution is 7.13. The highest BCUT2D eigenvalue weighted by Gasteiger charge is 2.25. The molecule has 118 valence electrons. The quantitative estimate of drug-likeness (QED) is 0.932. The van der Waals surface area contributed by atoms with Crippen LogP contribution in [0.5, 0.6) is 11.5 Å². The normalized spacial score (nSPS) is 14.8. The third-order valence-electron chi connectivity index (χ3n) is 3.70. The van der Waals surface area contributed by atoms with Crippen molar-refractivity contribution >= 4 is 17.2 Å². The molecule has 0 aliphatic carbocycles. The van der Waals surface area contributed by atoms with Gasteiger partial charge in [-0.1, -0.05) is 6.92 Å². The minimum absolute atomic E-state index is 0.216. The van der Waals surface area contributed by atoms with Crippen molar-refractivity contribution in [2.45, 2.75) is 25.8 Å². The number of carbonyl (C=O) groups excluding carboxylic acids is 1. The van der Waals surface area contributed by atoms with Crippen molar-refractivity contribution in [3.63, 3.8) is 0 Å². The standard InChI is InChI=1S/C16H15N3O3S/c1-3-16(2,8-17)19-14(20)11-7-23-15(18-11)10-4-5-12-13(6-10)22-9-21-12/h4-7H,3,9H2,1-2H3,(H,19,20)/t16-/m1/s1. The second-order valence-corrected chi connectivity index (χ2v) is 6.22. The maximum atomic E-state index is 12.2. The van der Waals surface area contributed by atoms with Crippen LogP contribution >= 0.6 is 11.3 Å². The minimum Gasteiger partial charge on any atom is -0.454 e. The summed E-state index contributed by atoms with van der Waals surface area (Å²) in [4.78, 5) is 16.6. The number of benzene rings is 1. The molecular weight excluding hydrogens is 314 g/mol. The monoisotopic (exact) mass is 329 g/mol. The van der Waals surface area contributed by atoms with Crippen molar-refractivity contribution in [2.24, 2.45) is 0 Å². The average molecular weight is 329 g/mol. The van der Waals surface area contributed by atoms with E-state index in [0.717, 1.165) is 5.56 Å². The third kappa shape index (κ3) is 2.98. The molecule has 23 heavy (non-hydrogen) atoms. The van der Waals surface area contributed by atoms with E-state index in [1.54, 1.807) is 12.3 Å². The lowest BCUT2D eigenvalue weighted by molar-refractivity contribution is 0.0918. The topological polar surface area (TPSA) is 84.2 Å². The molecule has 1 aliphatic rings. The minimum atomic E-state index is -0.889. The molecule has 6 nitrogen and oxygen atoms in total. The van der Waals surface area contributed by atoms with Crippen molar-refractivity contribution in [3.05, 3.63) is 29.3 Å². The Bertz CT molecular complexity index is 796. The molecule has 0 fully saturated rings. The highest BCUT2D eigenvalue weighted by atomic mass is 32.1. The number of hydrogen-bond acceptors (Lipinski definition) is 6. The first-order chi connectivity index (χ1) is 11.0. The van der Waals surface area contributed by atoms with E-state index in [-0.39, 0.29) is 12.7 Å². The molecule has 1 amide bonds. The van der Waals surface area contributed by atoms with Crippen LogP contribution in [-0.4, -0.2) is 23.2 Å². The maximum absolute atomic E-state index is 12.2. The Hall–Kier alpha value is -2.59. The summed E-state index contributed by atoms with van der Waals surface area (Å²) in [5, 5.41) is 14.3. The number of ether oxygens (including phenoxy) is 2. The molecule has 7 heteroatoms. The van der Waals surface area contributed by atoms with Gasteiger partial charge < -0.3 is 14.8 Å². The molecule has 2 heterocycles. The number of aromatic nitrogens is 1. The van der Waals surface area contributed by atoms with E-state index in [0.29, 0.717) is 28.6 Å². The van der Waals surface area contributed by atoms with Gasteiger partial charge in [0.1, 0.15) is 16.2 Å². The van der Waals surface area contributed by atoms with Gasteiger partial charge in [0.25, 0.3) is 5.91 Å². The van der Waals surface area contributed by atoms with E-state index in [4.69, 9.17) is 14.7 Å². The average Bonchev–Trinajstić information content (AvgIpc) is 3.22. The van der Waals surface area contributed by atoms with Crippen LogP contribution in [0.2, 0.25) is 0 Å². The molecule has 2 aromatic rings. The number of amides is 1. The smallest absolute Gasteiger partial charge is 0.272 e. The van der Waals surface area contributed by atoms with Gasteiger partial charge in [-0.3, -0.25) is 4.79 Å². The van der Waals surface area contributed by atoms with Crippen molar-refractivity contribution in [1.29, 1.82) is 5.26 Å². The van der Waals surface area contributed by atoms with E-state index < -0.39 is 5.54 Å². The van der Waals surface area contributed by atoms with Crippen LogP contribution in [0.15, 0.2) is 23.6 Å². The van der Waals surface area contributed by atoms with Gasteiger partial charge in [0.05, 0.1) is 6.07 Å². The van der Waals surface area contributed by atoms with Gasteiger partial charge in [0.2, 0.25) is 6.79 Å². The van der Waals surface area contributed by atoms with Crippen molar-refractivity contribution in [2.75, 3.05) is 6.79 Å². The summed E-state index contributed by atoms with van der Waals surface area (Å²) in [6, 6.07) is 7.65. The fourth-order valence-corrected chi connectivity index (χ4v) is 2.85. The Kier molecular flexibility index (Phi) is 3.92. The Morgan fingerprint density at radius 3 is 3.00 bits per heavy atom. The Balaban J connectivity index is 1.81. The highest BCUT2D eigenvalue weighted by Crippen LogP contribution is 2.36. The summed E-state index contributed by atoms with van der Waals surface area (Å²) in [6.45, 7) is 3.76. The second-order valence-electron chi connectivity index (χ2n) is 5.36. The molecule has 0 saturated heterocycles. The number of hydrogen-bond donors (Lipinski definition) is 1. The second kappa shape index (κ2) is 5.89. The number of thiazole rings is 1. The zero-order valence-corrected chi connectivity index (χ0v) is 13.6. The van der Waals surface area contributed by atoms with Crippen LogP contribution in [0.3, 0.4) is 0 Å². The van der Waals surface area contributed by atoms with Crippen molar-refractivity contribution < 1.29 is 14.3 Å². The van der Waals surface area contributed by atoms with Crippen molar-refractivity contribution in [3.8, 4) is 28.1 Å². The van der Waals surface area contributed by atoms with Crippen LogP contribution in [0.1, 0.15) is 30.8 Å². The molecule has 1 aliphatic heterocycles.